The molecule has 0 bridgehead atoms. The Balaban J connectivity index is 0.000000561. The van der Waals surface area contributed by atoms with Crippen LogP contribution in [0.15, 0.2) is 30.6 Å². The molecule has 0 aliphatic carbocycles. The van der Waals surface area contributed by atoms with Gasteiger partial charge in [-0.1, -0.05) is 19.9 Å². The number of aliphatic carboxylic acids is 1. The predicted molar refractivity (Wildman–Crippen MR) is 43.0 cm³/mol. The van der Waals surface area contributed by atoms with Gasteiger partial charge < -0.3 is 9.90 Å². The summed E-state index contributed by atoms with van der Waals surface area (Å²) in [4.78, 5) is 10.0. The van der Waals surface area contributed by atoms with Gasteiger partial charge in [0.2, 0.25) is 0 Å². The molecular weight excluding hydrogens is 154 g/mol. The third-order valence-electron chi connectivity index (χ3n) is 1.09. The highest BCUT2D eigenvalue weighted by molar-refractivity contribution is 5.62. The van der Waals surface area contributed by atoms with Crippen molar-refractivity contribution in [2.75, 3.05) is 0 Å². The molecule has 3 heteroatoms. The molecule has 0 saturated heterocycles. The fraction of sp³-hybridized carbons (Fsp3) is 0.333. The Hall–Kier alpha value is -1.38. The predicted octanol–water partition coefficient (Wildman–Crippen LogP) is -0.250. The first-order valence-corrected chi connectivity index (χ1v) is 3.93. The summed E-state index contributed by atoms with van der Waals surface area (Å²) in [5.74, 6) is -1.07. The van der Waals surface area contributed by atoms with Gasteiger partial charge in [0, 0.05) is 12.1 Å². The van der Waals surface area contributed by atoms with Gasteiger partial charge in [-0.15, -0.1) is 0 Å². The van der Waals surface area contributed by atoms with Crippen molar-refractivity contribution >= 4 is 5.97 Å². The lowest BCUT2D eigenvalue weighted by Gasteiger charge is -1.94. The van der Waals surface area contributed by atoms with E-state index in [2.05, 4.69) is 0 Å². The average molecular weight is 167 g/mol. The van der Waals surface area contributed by atoms with Crippen molar-refractivity contribution in [3.8, 4) is 0 Å². The molecule has 1 aromatic rings. The molecule has 0 unspecified atom stereocenters. The maximum absolute atomic E-state index is 10.0. The third-order valence-corrected chi connectivity index (χ3v) is 1.09. The Morgan fingerprint density at radius 1 is 1.25 bits per heavy atom. The van der Waals surface area contributed by atoms with Crippen LogP contribution in [0.4, 0.5) is 0 Å². The minimum absolute atomic E-state index is 0.0825. The smallest absolute Gasteiger partial charge is 0.187 e. The molecule has 66 valence electrons. The van der Waals surface area contributed by atoms with Crippen LogP contribution in [0.3, 0.4) is 0 Å². The number of pyridine rings is 1. The standard InChI is InChI=1S/C7H7NO2.C2H6/c9-7(10)6-8-4-2-1-3-5-8;1-2/h1-5H,6H2;1-2H3. The van der Waals surface area contributed by atoms with Crippen LogP contribution in [-0.4, -0.2) is 5.97 Å². The van der Waals surface area contributed by atoms with Gasteiger partial charge in [0.15, 0.2) is 18.9 Å². The second kappa shape index (κ2) is 6.34. The van der Waals surface area contributed by atoms with E-state index in [1.807, 2.05) is 19.9 Å². The summed E-state index contributed by atoms with van der Waals surface area (Å²) >= 11 is 0. The zero-order chi connectivity index (χ0) is 9.40. The summed E-state index contributed by atoms with van der Waals surface area (Å²) in [6.45, 7) is 3.92. The second-order valence-corrected chi connectivity index (χ2v) is 1.92. The molecule has 0 atom stereocenters. The van der Waals surface area contributed by atoms with E-state index in [9.17, 15) is 9.90 Å². The maximum Gasteiger partial charge on any atom is 0.187 e. The number of carbonyl (C=O) groups excluding carboxylic acids is 1. The molecule has 0 N–H and O–H groups in total. The van der Waals surface area contributed by atoms with Gasteiger partial charge in [0.05, 0.1) is 0 Å². The van der Waals surface area contributed by atoms with E-state index in [0.29, 0.717) is 0 Å². The van der Waals surface area contributed by atoms with Crippen LogP contribution in [0.2, 0.25) is 0 Å². The van der Waals surface area contributed by atoms with Crippen LogP contribution in [0.25, 0.3) is 0 Å². The summed E-state index contributed by atoms with van der Waals surface area (Å²) in [5.41, 5.74) is 0. The zero-order valence-corrected chi connectivity index (χ0v) is 7.36. The Bertz CT molecular complexity index is 221. The fourth-order valence-corrected chi connectivity index (χ4v) is 0.689. The third kappa shape index (κ3) is 4.44. The molecule has 0 saturated carbocycles. The van der Waals surface area contributed by atoms with Gasteiger partial charge in [0.25, 0.3) is 0 Å². The van der Waals surface area contributed by atoms with Crippen LogP contribution in [-0.2, 0) is 11.3 Å². The lowest BCUT2D eigenvalue weighted by molar-refractivity contribution is -0.690. The number of aromatic nitrogens is 1. The Labute approximate surface area is 72.3 Å². The summed E-state index contributed by atoms with van der Waals surface area (Å²) in [6.07, 6.45) is 3.35. The lowest BCUT2D eigenvalue weighted by atomic mass is 10.5. The first kappa shape index (κ1) is 10.6. The Morgan fingerprint density at radius 3 is 2.17 bits per heavy atom. The number of carboxylic acids is 1. The van der Waals surface area contributed by atoms with Crippen LogP contribution in [0.5, 0.6) is 0 Å². The quantitative estimate of drug-likeness (QED) is 0.570. The van der Waals surface area contributed by atoms with Gasteiger partial charge in [-0.05, 0) is 0 Å². The molecule has 0 aliphatic rings. The Kier molecular flexibility index (Phi) is 5.61. The van der Waals surface area contributed by atoms with Crippen molar-refractivity contribution in [3.63, 3.8) is 0 Å². The largest absolute Gasteiger partial charge is 0.544 e. The second-order valence-electron chi connectivity index (χ2n) is 1.92. The summed E-state index contributed by atoms with van der Waals surface area (Å²) < 4.78 is 1.54. The molecule has 0 spiro atoms. The monoisotopic (exact) mass is 167 g/mol. The van der Waals surface area contributed by atoms with Crippen molar-refractivity contribution in [1.29, 1.82) is 0 Å². The normalized spacial score (nSPS) is 8.17. The van der Waals surface area contributed by atoms with E-state index < -0.39 is 5.97 Å². The average Bonchev–Trinajstić information content (AvgIpc) is 2.08. The minimum Gasteiger partial charge on any atom is -0.544 e. The molecular formula is C9H13NO2. The highest BCUT2D eigenvalue weighted by Gasteiger charge is 1.94. The van der Waals surface area contributed by atoms with Crippen LogP contribution < -0.4 is 9.67 Å². The van der Waals surface area contributed by atoms with Gasteiger partial charge in [-0.3, -0.25) is 0 Å². The summed E-state index contributed by atoms with van der Waals surface area (Å²) in [6, 6.07) is 5.36. The number of hydrogen-bond acceptors (Lipinski definition) is 2. The van der Waals surface area contributed by atoms with Gasteiger partial charge >= 0.3 is 0 Å². The zero-order valence-electron chi connectivity index (χ0n) is 7.36. The molecule has 12 heavy (non-hydrogen) atoms. The van der Waals surface area contributed by atoms with Crippen molar-refractivity contribution in [1.82, 2.24) is 0 Å². The topological polar surface area (TPSA) is 44.0 Å². The number of nitrogens with zero attached hydrogens (tertiary/aromatic N) is 1. The first-order chi connectivity index (χ1) is 5.79. The molecule has 0 amide bonds. The van der Waals surface area contributed by atoms with Crippen molar-refractivity contribution in [2.45, 2.75) is 20.4 Å². The number of hydrogen-bond donors (Lipinski definition) is 0. The molecule has 0 fully saturated rings. The molecule has 1 rings (SSSR count). The van der Waals surface area contributed by atoms with Gasteiger partial charge in [-0.2, -0.15) is 4.57 Å². The SMILES string of the molecule is CC.O=C([O-])C[n+]1ccccc1. The number of rotatable bonds is 2. The number of carboxylic acid groups (broad SMARTS) is 1. The van der Waals surface area contributed by atoms with E-state index in [4.69, 9.17) is 0 Å². The van der Waals surface area contributed by atoms with E-state index in [0.717, 1.165) is 0 Å². The molecule has 1 aromatic heterocycles. The van der Waals surface area contributed by atoms with Crippen molar-refractivity contribution in [3.05, 3.63) is 30.6 Å². The van der Waals surface area contributed by atoms with E-state index in [1.165, 1.54) is 4.57 Å². The lowest BCUT2D eigenvalue weighted by Crippen LogP contribution is -2.43. The molecule has 1 heterocycles. The Morgan fingerprint density at radius 2 is 1.75 bits per heavy atom. The van der Waals surface area contributed by atoms with E-state index in [1.54, 1.807) is 24.5 Å². The molecule has 0 radical (unpaired) electrons. The minimum atomic E-state index is -1.07. The van der Waals surface area contributed by atoms with E-state index >= 15 is 0 Å². The van der Waals surface area contributed by atoms with Crippen molar-refractivity contribution < 1.29 is 14.5 Å². The summed E-state index contributed by atoms with van der Waals surface area (Å²) in [7, 11) is 0. The molecule has 3 nitrogen and oxygen atoms in total. The highest BCUT2D eigenvalue weighted by atomic mass is 16.4. The van der Waals surface area contributed by atoms with Crippen molar-refractivity contribution in [2.24, 2.45) is 0 Å². The van der Waals surface area contributed by atoms with Crippen LogP contribution >= 0.6 is 0 Å². The van der Waals surface area contributed by atoms with E-state index in [-0.39, 0.29) is 6.54 Å². The fourth-order valence-electron chi connectivity index (χ4n) is 0.689. The van der Waals surface area contributed by atoms with Crippen LogP contribution in [0, 0.1) is 0 Å². The van der Waals surface area contributed by atoms with Gasteiger partial charge in [-0.25, -0.2) is 0 Å². The molecule has 0 aliphatic heterocycles. The number of carbonyl (C=O) groups is 1. The van der Waals surface area contributed by atoms with Gasteiger partial charge in [0.1, 0.15) is 5.97 Å². The molecule has 0 aromatic carbocycles. The highest BCUT2D eigenvalue weighted by Crippen LogP contribution is 1.75. The maximum atomic E-state index is 10.0. The van der Waals surface area contributed by atoms with Crippen LogP contribution in [0.1, 0.15) is 13.8 Å². The summed E-state index contributed by atoms with van der Waals surface area (Å²) in [5, 5.41) is 10.0. The first-order valence-electron chi connectivity index (χ1n) is 3.93.